The lowest BCUT2D eigenvalue weighted by atomic mass is 10.2. The van der Waals surface area contributed by atoms with Crippen LogP contribution in [0.2, 0.25) is 0 Å². The smallest absolute Gasteiger partial charge is 0.224 e. The van der Waals surface area contributed by atoms with Gasteiger partial charge in [-0.2, -0.15) is 4.98 Å². The molecule has 1 aromatic heterocycles. The minimum Gasteiger partial charge on any atom is -0.360 e. The third-order valence-corrected chi connectivity index (χ3v) is 3.27. The monoisotopic (exact) mass is 288 g/mol. The van der Waals surface area contributed by atoms with Crippen LogP contribution in [-0.2, 0) is 6.54 Å². The van der Waals surface area contributed by atoms with Gasteiger partial charge in [0, 0.05) is 31.9 Å². The standard InChI is InChI=1S/C16H21FN4/c1-3-4-11-21(2)15-9-10-18-16(20-15)19-12-13-7-5-6-8-14(13)17/h5-10H,3-4,11-12H2,1-2H3,(H,18,19,20). The Morgan fingerprint density at radius 1 is 1.24 bits per heavy atom. The number of nitrogens with zero attached hydrogens (tertiary/aromatic N) is 3. The number of rotatable bonds is 7. The highest BCUT2D eigenvalue weighted by atomic mass is 19.1. The molecule has 1 N–H and O–H groups in total. The van der Waals surface area contributed by atoms with E-state index in [-0.39, 0.29) is 5.82 Å². The third-order valence-electron chi connectivity index (χ3n) is 3.27. The van der Waals surface area contributed by atoms with Crippen LogP contribution in [0, 0.1) is 5.82 Å². The Morgan fingerprint density at radius 3 is 2.81 bits per heavy atom. The molecule has 0 fully saturated rings. The van der Waals surface area contributed by atoms with Crippen LogP contribution in [0.3, 0.4) is 0 Å². The largest absolute Gasteiger partial charge is 0.360 e. The second-order valence-electron chi connectivity index (χ2n) is 4.96. The molecule has 0 bridgehead atoms. The fraction of sp³-hybridized carbons (Fsp3) is 0.375. The Bertz CT molecular complexity index is 574. The number of aromatic nitrogens is 2. The maximum absolute atomic E-state index is 13.6. The predicted octanol–water partition coefficient (Wildman–Crippen LogP) is 3.46. The molecule has 0 aliphatic rings. The summed E-state index contributed by atoms with van der Waals surface area (Å²) < 4.78 is 13.6. The second-order valence-corrected chi connectivity index (χ2v) is 4.96. The van der Waals surface area contributed by atoms with Crippen molar-refractivity contribution in [1.29, 1.82) is 0 Å². The molecule has 2 aromatic rings. The van der Waals surface area contributed by atoms with E-state index in [1.165, 1.54) is 6.07 Å². The van der Waals surface area contributed by atoms with Crippen molar-refractivity contribution in [2.24, 2.45) is 0 Å². The SMILES string of the molecule is CCCCN(C)c1ccnc(NCc2ccccc2F)n1. The van der Waals surface area contributed by atoms with Gasteiger partial charge in [-0.05, 0) is 18.6 Å². The molecule has 1 heterocycles. The van der Waals surface area contributed by atoms with Crippen LogP contribution >= 0.6 is 0 Å². The summed E-state index contributed by atoms with van der Waals surface area (Å²) in [4.78, 5) is 10.7. The third kappa shape index (κ3) is 4.41. The number of hydrogen-bond donors (Lipinski definition) is 1. The summed E-state index contributed by atoms with van der Waals surface area (Å²) in [6, 6.07) is 8.57. The highest BCUT2D eigenvalue weighted by molar-refractivity contribution is 5.42. The zero-order valence-corrected chi connectivity index (χ0v) is 12.5. The summed E-state index contributed by atoms with van der Waals surface area (Å²) >= 11 is 0. The van der Waals surface area contributed by atoms with Crippen molar-refractivity contribution in [3.8, 4) is 0 Å². The summed E-state index contributed by atoms with van der Waals surface area (Å²) in [5.74, 6) is 1.16. The average molecular weight is 288 g/mol. The Hall–Kier alpha value is -2.17. The minimum absolute atomic E-state index is 0.221. The maximum atomic E-state index is 13.6. The van der Waals surface area contributed by atoms with E-state index in [0.717, 1.165) is 25.2 Å². The van der Waals surface area contributed by atoms with Crippen molar-refractivity contribution >= 4 is 11.8 Å². The molecule has 0 spiro atoms. The lowest BCUT2D eigenvalue weighted by Crippen LogP contribution is -2.20. The van der Waals surface area contributed by atoms with E-state index in [1.54, 1.807) is 18.3 Å². The van der Waals surface area contributed by atoms with Crippen LogP contribution in [0.5, 0.6) is 0 Å². The van der Waals surface area contributed by atoms with E-state index in [1.807, 2.05) is 19.2 Å². The molecule has 5 heteroatoms. The summed E-state index contributed by atoms with van der Waals surface area (Å²) in [5, 5.41) is 3.06. The van der Waals surface area contributed by atoms with Gasteiger partial charge in [0.2, 0.25) is 5.95 Å². The lowest BCUT2D eigenvalue weighted by molar-refractivity contribution is 0.612. The van der Waals surface area contributed by atoms with E-state index in [0.29, 0.717) is 18.1 Å². The van der Waals surface area contributed by atoms with E-state index in [9.17, 15) is 4.39 Å². The van der Waals surface area contributed by atoms with E-state index < -0.39 is 0 Å². The van der Waals surface area contributed by atoms with Gasteiger partial charge in [0.1, 0.15) is 11.6 Å². The van der Waals surface area contributed by atoms with Crippen LogP contribution < -0.4 is 10.2 Å². The Morgan fingerprint density at radius 2 is 2.05 bits per heavy atom. The van der Waals surface area contributed by atoms with Gasteiger partial charge in [-0.15, -0.1) is 0 Å². The van der Waals surface area contributed by atoms with Crippen molar-refractivity contribution in [1.82, 2.24) is 9.97 Å². The van der Waals surface area contributed by atoms with E-state index in [4.69, 9.17) is 0 Å². The quantitative estimate of drug-likeness (QED) is 0.847. The van der Waals surface area contributed by atoms with Crippen molar-refractivity contribution in [3.05, 3.63) is 47.9 Å². The molecule has 112 valence electrons. The van der Waals surface area contributed by atoms with Crippen molar-refractivity contribution in [2.75, 3.05) is 23.8 Å². The van der Waals surface area contributed by atoms with Gasteiger partial charge in [-0.3, -0.25) is 0 Å². The molecular weight excluding hydrogens is 267 g/mol. The minimum atomic E-state index is -0.221. The maximum Gasteiger partial charge on any atom is 0.224 e. The van der Waals surface area contributed by atoms with Gasteiger partial charge in [-0.25, -0.2) is 9.37 Å². The topological polar surface area (TPSA) is 41.1 Å². The van der Waals surface area contributed by atoms with Gasteiger partial charge in [-0.1, -0.05) is 31.5 Å². The molecule has 4 nitrogen and oxygen atoms in total. The number of hydrogen-bond acceptors (Lipinski definition) is 4. The molecule has 1 aromatic carbocycles. The van der Waals surface area contributed by atoms with Crippen LogP contribution in [0.1, 0.15) is 25.3 Å². The Labute approximate surface area is 125 Å². The van der Waals surface area contributed by atoms with Gasteiger partial charge in [0.25, 0.3) is 0 Å². The molecule has 0 radical (unpaired) electrons. The number of nitrogens with one attached hydrogen (secondary N) is 1. The molecule has 0 atom stereocenters. The van der Waals surface area contributed by atoms with Gasteiger partial charge in [0.15, 0.2) is 0 Å². The number of anilines is 2. The molecule has 0 amide bonds. The van der Waals surface area contributed by atoms with Crippen molar-refractivity contribution in [2.45, 2.75) is 26.3 Å². The van der Waals surface area contributed by atoms with Crippen LogP contribution in [0.15, 0.2) is 36.5 Å². The van der Waals surface area contributed by atoms with E-state index >= 15 is 0 Å². The van der Waals surface area contributed by atoms with Crippen LogP contribution in [0.25, 0.3) is 0 Å². The molecule has 0 saturated heterocycles. The summed E-state index contributed by atoms with van der Waals surface area (Å²) in [5.41, 5.74) is 0.603. The summed E-state index contributed by atoms with van der Waals surface area (Å²) in [6.07, 6.45) is 3.99. The zero-order valence-electron chi connectivity index (χ0n) is 12.5. The lowest BCUT2D eigenvalue weighted by Gasteiger charge is -2.18. The summed E-state index contributed by atoms with van der Waals surface area (Å²) in [6.45, 7) is 3.49. The van der Waals surface area contributed by atoms with Crippen molar-refractivity contribution in [3.63, 3.8) is 0 Å². The number of unbranched alkanes of at least 4 members (excludes halogenated alkanes) is 1. The molecule has 2 rings (SSSR count). The van der Waals surface area contributed by atoms with Gasteiger partial charge < -0.3 is 10.2 Å². The fourth-order valence-corrected chi connectivity index (χ4v) is 1.97. The zero-order chi connectivity index (χ0) is 15.1. The number of benzene rings is 1. The number of halogens is 1. The first-order chi connectivity index (χ1) is 10.2. The first kappa shape index (κ1) is 15.2. The fourth-order valence-electron chi connectivity index (χ4n) is 1.97. The summed E-state index contributed by atoms with van der Waals surface area (Å²) in [7, 11) is 2.01. The van der Waals surface area contributed by atoms with Gasteiger partial charge >= 0.3 is 0 Å². The Balaban J connectivity index is 1.99. The van der Waals surface area contributed by atoms with E-state index in [2.05, 4.69) is 27.1 Å². The molecule has 0 aliphatic carbocycles. The van der Waals surface area contributed by atoms with Crippen LogP contribution in [-0.4, -0.2) is 23.6 Å². The first-order valence-corrected chi connectivity index (χ1v) is 7.22. The highest BCUT2D eigenvalue weighted by Gasteiger charge is 2.05. The van der Waals surface area contributed by atoms with Gasteiger partial charge in [0.05, 0.1) is 0 Å². The average Bonchev–Trinajstić information content (AvgIpc) is 2.52. The second kappa shape index (κ2) is 7.57. The molecule has 21 heavy (non-hydrogen) atoms. The normalized spacial score (nSPS) is 10.4. The van der Waals surface area contributed by atoms with Crippen molar-refractivity contribution < 1.29 is 4.39 Å². The predicted molar refractivity (Wildman–Crippen MR) is 83.9 cm³/mol. The Kier molecular flexibility index (Phi) is 5.49. The highest BCUT2D eigenvalue weighted by Crippen LogP contribution is 2.13. The van der Waals surface area contributed by atoms with Crippen LogP contribution in [0.4, 0.5) is 16.2 Å². The molecule has 0 unspecified atom stereocenters. The molecular formula is C16H21FN4. The molecule has 0 aliphatic heterocycles. The molecule has 0 saturated carbocycles. The first-order valence-electron chi connectivity index (χ1n) is 7.22.